The summed E-state index contributed by atoms with van der Waals surface area (Å²) >= 11 is 0. The van der Waals surface area contributed by atoms with Crippen molar-refractivity contribution in [2.75, 3.05) is 26.2 Å². The summed E-state index contributed by atoms with van der Waals surface area (Å²) in [6.45, 7) is 5.80. The van der Waals surface area contributed by atoms with E-state index in [9.17, 15) is 4.39 Å². The number of nitrogens with one attached hydrogen (secondary N) is 2. The Hall–Kier alpha value is -0.930. The minimum Gasteiger partial charge on any atom is -0.316 e. The molecular formula is C12H19FN2. The van der Waals surface area contributed by atoms with E-state index in [1.54, 1.807) is 6.07 Å². The second kappa shape index (κ2) is 7.37. The molecule has 0 aliphatic rings. The molecule has 0 aliphatic heterocycles. The van der Waals surface area contributed by atoms with Gasteiger partial charge in [-0.15, -0.1) is 0 Å². The number of benzene rings is 1. The van der Waals surface area contributed by atoms with Gasteiger partial charge >= 0.3 is 0 Å². The van der Waals surface area contributed by atoms with Gasteiger partial charge in [-0.3, -0.25) is 0 Å². The van der Waals surface area contributed by atoms with Gasteiger partial charge in [0.1, 0.15) is 5.82 Å². The zero-order chi connectivity index (χ0) is 10.9. The van der Waals surface area contributed by atoms with Gasteiger partial charge in [0.25, 0.3) is 0 Å². The molecule has 1 aromatic carbocycles. The molecule has 0 amide bonds. The summed E-state index contributed by atoms with van der Waals surface area (Å²) in [5.74, 6) is -0.106. The van der Waals surface area contributed by atoms with E-state index in [1.807, 2.05) is 12.1 Å². The molecule has 0 unspecified atom stereocenters. The van der Waals surface area contributed by atoms with Crippen molar-refractivity contribution in [2.24, 2.45) is 0 Å². The summed E-state index contributed by atoms with van der Waals surface area (Å²) in [6.07, 6.45) is 0.749. The Morgan fingerprint density at radius 2 is 1.80 bits per heavy atom. The van der Waals surface area contributed by atoms with Crippen molar-refractivity contribution >= 4 is 0 Å². The Morgan fingerprint density at radius 1 is 1.07 bits per heavy atom. The predicted molar refractivity (Wildman–Crippen MR) is 61.5 cm³/mol. The van der Waals surface area contributed by atoms with Crippen molar-refractivity contribution in [3.8, 4) is 0 Å². The first-order chi connectivity index (χ1) is 7.34. The fourth-order valence-electron chi connectivity index (χ4n) is 1.40. The Kier molecular flexibility index (Phi) is 5.97. The van der Waals surface area contributed by atoms with Gasteiger partial charge in [0, 0.05) is 13.1 Å². The first-order valence-electron chi connectivity index (χ1n) is 5.49. The molecule has 2 N–H and O–H groups in total. The van der Waals surface area contributed by atoms with Gasteiger partial charge in [0.15, 0.2) is 0 Å². The molecular weight excluding hydrogens is 191 g/mol. The van der Waals surface area contributed by atoms with Gasteiger partial charge in [-0.25, -0.2) is 4.39 Å². The first-order valence-corrected chi connectivity index (χ1v) is 5.49. The lowest BCUT2D eigenvalue weighted by molar-refractivity contribution is 0.589. The quantitative estimate of drug-likeness (QED) is 0.667. The summed E-state index contributed by atoms with van der Waals surface area (Å²) in [6, 6.07) is 6.93. The zero-order valence-corrected chi connectivity index (χ0v) is 9.22. The number of hydrogen-bond donors (Lipinski definition) is 2. The normalized spacial score (nSPS) is 10.5. The number of halogens is 1. The molecule has 1 aromatic rings. The molecule has 0 saturated carbocycles. The summed E-state index contributed by atoms with van der Waals surface area (Å²) in [7, 11) is 0. The van der Waals surface area contributed by atoms with E-state index in [0.29, 0.717) is 0 Å². The van der Waals surface area contributed by atoms with Gasteiger partial charge in [-0.05, 0) is 31.1 Å². The predicted octanol–water partition coefficient (Wildman–Crippen LogP) is 1.57. The number of hydrogen-bond acceptors (Lipinski definition) is 2. The minimum atomic E-state index is -0.106. The van der Waals surface area contributed by atoms with Crippen molar-refractivity contribution in [3.63, 3.8) is 0 Å². The van der Waals surface area contributed by atoms with Crippen LogP contribution in [0.5, 0.6) is 0 Å². The topological polar surface area (TPSA) is 24.1 Å². The summed E-state index contributed by atoms with van der Waals surface area (Å²) in [5.41, 5.74) is 0.786. The molecule has 15 heavy (non-hydrogen) atoms. The fraction of sp³-hybridized carbons (Fsp3) is 0.500. The maximum atomic E-state index is 13.2. The van der Waals surface area contributed by atoms with E-state index in [0.717, 1.165) is 38.2 Å². The van der Waals surface area contributed by atoms with Crippen LogP contribution < -0.4 is 10.6 Å². The third-order valence-corrected chi connectivity index (χ3v) is 2.26. The lowest BCUT2D eigenvalue weighted by Gasteiger charge is -2.05. The van der Waals surface area contributed by atoms with E-state index >= 15 is 0 Å². The van der Waals surface area contributed by atoms with Crippen LogP contribution in [-0.2, 0) is 6.42 Å². The van der Waals surface area contributed by atoms with Crippen LogP contribution in [0.2, 0.25) is 0 Å². The van der Waals surface area contributed by atoms with Crippen LogP contribution in [-0.4, -0.2) is 26.2 Å². The Morgan fingerprint density at radius 3 is 2.53 bits per heavy atom. The fourth-order valence-corrected chi connectivity index (χ4v) is 1.40. The van der Waals surface area contributed by atoms with Crippen LogP contribution in [0.1, 0.15) is 12.5 Å². The molecule has 3 heteroatoms. The van der Waals surface area contributed by atoms with Gasteiger partial charge < -0.3 is 10.6 Å². The van der Waals surface area contributed by atoms with Crippen molar-refractivity contribution in [2.45, 2.75) is 13.3 Å². The Bertz CT molecular complexity index is 276. The number of likely N-dealkylation sites (N-methyl/N-ethyl adjacent to an activating group) is 1. The van der Waals surface area contributed by atoms with Gasteiger partial charge in [-0.2, -0.15) is 0 Å². The minimum absolute atomic E-state index is 0.106. The molecule has 0 radical (unpaired) electrons. The highest BCUT2D eigenvalue weighted by Gasteiger charge is 1.98. The summed E-state index contributed by atoms with van der Waals surface area (Å²) in [5, 5.41) is 6.49. The van der Waals surface area contributed by atoms with Crippen LogP contribution in [0.3, 0.4) is 0 Å². The molecule has 0 heterocycles. The molecule has 2 nitrogen and oxygen atoms in total. The number of rotatable bonds is 7. The third kappa shape index (κ3) is 4.91. The molecule has 0 aliphatic carbocycles. The molecule has 84 valence electrons. The van der Waals surface area contributed by atoms with Crippen molar-refractivity contribution < 1.29 is 4.39 Å². The van der Waals surface area contributed by atoms with Gasteiger partial charge in [0.05, 0.1) is 0 Å². The van der Waals surface area contributed by atoms with Crippen LogP contribution >= 0.6 is 0 Å². The first kappa shape index (κ1) is 12.1. The van der Waals surface area contributed by atoms with Gasteiger partial charge in [0.2, 0.25) is 0 Å². The van der Waals surface area contributed by atoms with Crippen LogP contribution in [0, 0.1) is 5.82 Å². The third-order valence-electron chi connectivity index (χ3n) is 2.26. The second-order valence-corrected chi connectivity index (χ2v) is 3.44. The van der Waals surface area contributed by atoms with E-state index in [1.165, 1.54) is 6.07 Å². The summed E-state index contributed by atoms with van der Waals surface area (Å²) in [4.78, 5) is 0. The molecule has 0 saturated heterocycles. The highest BCUT2D eigenvalue weighted by atomic mass is 19.1. The van der Waals surface area contributed by atoms with E-state index in [-0.39, 0.29) is 5.82 Å². The zero-order valence-electron chi connectivity index (χ0n) is 9.22. The molecule has 1 rings (SSSR count). The van der Waals surface area contributed by atoms with Crippen molar-refractivity contribution in [1.29, 1.82) is 0 Å². The molecule has 0 aromatic heterocycles. The largest absolute Gasteiger partial charge is 0.316 e. The molecule has 0 fully saturated rings. The van der Waals surface area contributed by atoms with E-state index in [2.05, 4.69) is 17.6 Å². The Labute approximate surface area is 90.9 Å². The SMILES string of the molecule is CCNCCNCCc1ccccc1F. The van der Waals surface area contributed by atoms with Crippen LogP contribution in [0.25, 0.3) is 0 Å². The highest BCUT2D eigenvalue weighted by Crippen LogP contribution is 2.05. The van der Waals surface area contributed by atoms with Crippen molar-refractivity contribution in [3.05, 3.63) is 35.6 Å². The molecule has 0 bridgehead atoms. The second-order valence-electron chi connectivity index (χ2n) is 3.44. The van der Waals surface area contributed by atoms with E-state index < -0.39 is 0 Å². The average molecular weight is 210 g/mol. The lowest BCUT2D eigenvalue weighted by Crippen LogP contribution is -2.28. The summed E-state index contributed by atoms with van der Waals surface area (Å²) < 4.78 is 13.2. The average Bonchev–Trinajstić information content (AvgIpc) is 2.25. The van der Waals surface area contributed by atoms with Crippen LogP contribution in [0.15, 0.2) is 24.3 Å². The standard InChI is InChI=1S/C12H19FN2/c1-2-14-9-10-15-8-7-11-5-3-4-6-12(11)13/h3-6,14-15H,2,7-10H2,1H3. The van der Waals surface area contributed by atoms with Crippen LogP contribution in [0.4, 0.5) is 4.39 Å². The van der Waals surface area contributed by atoms with Gasteiger partial charge in [-0.1, -0.05) is 25.1 Å². The molecule has 0 spiro atoms. The molecule has 0 atom stereocenters. The van der Waals surface area contributed by atoms with Crippen molar-refractivity contribution in [1.82, 2.24) is 10.6 Å². The maximum Gasteiger partial charge on any atom is 0.126 e. The van der Waals surface area contributed by atoms with E-state index in [4.69, 9.17) is 0 Å². The monoisotopic (exact) mass is 210 g/mol. The Balaban J connectivity index is 2.12. The lowest BCUT2D eigenvalue weighted by atomic mass is 10.1. The smallest absolute Gasteiger partial charge is 0.126 e. The maximum absolute atomic E-state index is 13.2. The highest BCUT2D eigenvalue weighted by molar-refractivity contribution is 5.17.